The molecule has 0 aliphatic carbocycles. The normalized spacial score (nSPS) is 9.81. The van der Waals surface area contributed by atoms with Gasteiger partial charge in [0.15, 0.2) is 11.6 Å². The molecule has 0 heterocycles. The Bertz CT molecular complexity index is 388. The van der Waals surface area contributed by atoms with Crippen LogP contribution in [0, 0.1) is 5.82 Å². The number of allylic oxidation sites excluding steroid dienone is 1. The molecule has 0 aliphatic rings. The fourth-order valence-corrected chi connectivity index (χ4v) is 1.23. The summed E-state index contributed by atoms with van der Waals surface area (Å²) in [5.74, 6) is -2.05. The molecule has 0 unspecified atom stereocenters. The van der Waals surface area contributed by atoms with Crippen LogP contribution in [0.1, 0.15) is 23.2 Å². The summed E-state index contributed by atoms with van der Waals surface area (Å²) in [4.78, 5) is 10.8. The summed E-state index contributed by atoms with van der Waals surface area (Å²) in [7, 11) is 0. The van der Waals surface area contributed by atoms with Crippen LogP contribution in [-0.4, -0.2) is 17.7 Å². The Kier molecular flexibility index (Phi) is 4.51. The molecule has 0 saturated carbocycles. The lowest BCUT2D eigenvalue weighted by Gasteiger charge is -2.09. The molecule has 0 saturated heterocycles. The highest BCUT2D eigenvalue weighted by molar-refractivity contribution is 5.90. The SMILES string of the molecule is C=CCCCOc1c(F)cccc1C(=O)O. The zero-order chi connectivity index (χ0) is 12.0. The molecule has 0 aromatic heterocycles. The zero-order valence-corrected chi connectivity index (χ0v) is 8.78. The summed E-state index contributed by atoms with van der Waals surface area (Å²) in [5, 5.41) is 8.83. The molecule has 4 heteroatoms. The number of carboxylic acids is 1. The molecule has 0 aliphatic heterocycles. The van der Waals surface area contributed by atoms with E-state index in [0.29, 0.717) is 6.42 Å². The second kappa shape index (κ2) is 5.90. The van der Waals surface area contributed by atoms with Crippen LogP contribution in [0.25, 0.3) is 0 Å². The smallest absolute Gasteiger partial charge is 0.339 e. The number of carboxylic acid groups (broad SMARTS) is 1. The van der Waals surface area contributed by atoms with Gasteiger partial charge in [-0.1, -0.05) is 12.1 Å². The van der Waals surface area contributed by atoms with Gasteiger partial charge in [-0.3, -0.25) is 0 Å². The topological polar surface area (TPSA) is 46.5 Å². The Hall–Kier alpha value is -1.84. The zero-order valence-electron chi connectivity index (χ0n) is 8.78. The number of ether oxygens (including phenoxy) is 1. The van der Waals surface area contributed by atoms with Crippen molar-refractivity contribution in [1.82, 2.24) is 0 Å². The Morgan fingerprint density at radius 2 is 2.31 bits per heavy atom. The molecule has 86 valence electrons. The number of benzene rings is 1. The highest BCUT2D eigenvalue weighted by Crippen LogP contribution is 2.22. The van der Waals surface area contributed by atoms with E-state index in [2.05, 4.69) is 6.58 Å². The number of aromatic carboxylic acids is 1. The van der Waals surface area contributed by atoms with E-state index in [1.807, 2.05) is 0 Å². The lowest BCUT2D eigenvalue weighted by molar-refractivity contribution is 0.0691. The van der Waals surface area contributed by atoms with Crippen molar-refractivity contribution in [2.75, 3.05) is 6.61 Å². The number of unbranched alkanes of at least 4 members (excludes halogenated alkanes) is 1. The Morgan fingerprint density at radius 1 is 1.56 bits per heavy atom. The van der Waals surface area contributed by atoms with Crippen LogP contribution in [0.2, 0.25) is 0 Å². The first kappa shape index (κ1) is 12.2. The monoisotopic (exact) mass is 224 g/mol. The first-order valence-corrected chi connectivity index (χ1v) is 4.92. The molecule has 0 bridgehead atoms. The number of hydrogen-bond donors (Lipinski definition) is 1. The van der Waals surface area contributed by atoms with Crippen LogP contribution in [0.15, 0.2) is 30.9 Å². The van der Waals surface area contributed by atoms with Gasteiger partial charge < -0.3 is 9.84 Å². The van der Waals surface area contributed by atoms with Gasteiger partial charge in [-0.05, 0) is 25.0 Å². The average molecular weight is 224 g/mol. The van der Waals surface area contributed by atoms with Crippen molar-refractivity contribution in [3.8, 4) is 5.75 Å². The van der Waals surface area contributed by atoms with Crippen molar-refractivity contribution in [3.63, 3.8) is 0 Å². The quantitative estimate of drug-likeness (QED) is 0.597. The second-order valence-corrected chi connectivity index (χ2v) is 3.20. The number of rotatable bonds is 6. The molecule has 1 aromatic carbocycles. The van der Waals surface area contributed by atoms with Crippen LogP contribution in [-0.2, 0) is 0 Å². The van der Waals surface area contributed by atoms with Crippen molar-refractivity contribution < 1.29 is 19.0 Å². The van der Waals surface area contributed by atoms with Crippen LogP contribution < -0.4 is 4.74 Å². The third-order valence-corrected chi connectivity index (χ3v) is 2.00. The fourth-order valence-electron chi connectivity index (χ4n) is 1.23. The third kappa shape index (κ3) is 3.08. The predicted octanol–water partition coefficient (Wildman–Crippen LogP) is 2.87. The molecule has 1 aromatic rings. The van der Waals surface area contributed by atoms with Gasteiger partial charge >= 0.3 is 5.97 Å². The fraction of sp³-hybridized carbons (Fsp3) is 0.250. The number of para-hydroxylation sites is 1. The summed E-state index contributed by atoms with van der Waals surface area (Å²) < 4.78 is 18.4. The molecule has 0 radical (unpaired) electrons. The highest BCUT2D eigenvalue weighted by atomic mass is 19.1. The average Bonchev–Trinajstić information content (AvgIpc) is 2.25. The first-order chi connectivity index (χ1) is 7.66. The summed E-state index contributed by atoms with van der Waals surface area (Å²) >= 11 is 0. The van der Waals surface area contributed by atoms with E-state index in [1.165, 1.54) is 18.2 Å². The lowest BCUT2D eigenvalue weighted by Crippen LogP contribution is -2.06. The maximum absolute atomic E-state index is 13.3. The van der Waals surface area contributed by atoms with Crippen LogP contribution in [0.4, 0.5) is 4.39 Å². The molecule has 0 spiro atoms. The van der Waals surface area contributed by atoms with Gasteiger partial charge in [0, 0.05) is 0 Å². The van der Waals surface area contributed by atoms with Gasteiger partial charge in [0.05, 0.1) is 6.61 Å². The number of halogens is 1. The number of carbonyl (C=O) groups is 1. The minimum Gasteiger partial charge on any atom is -0.490 e. The Balaban J connectivity index is 2.76. The molecule has 16 heavy (non-hydrogen) atoms. The second-order valence-electron chi connectivity index (χ2n) is 3.20. The van der Waals surface area contributed by atoms with Crippen LogP contribution in [0.5, 0.6) is 5.75 Å². The lowest BCUT2D eigenvalue weighted by atomic mass is 10.2. The molecular weight excluding hydrogens is 211 g/mol. The highest BCUT2D eigenvalue weighted by Gasteiger charge is 2.15. The third-order valence-electron chi connectivity index (χ3n) is 2.00. The van der Waals surface area contributed by atoms with E-state index in [0.717, 1.165) is 6.42 Å². The molecule has 1 rings (SSSR count). The molecule has 3 nitrogen and oxygen atoms in total. The molecular formula is C12H13FO3. The summed E-state index contributed by atoms with van der Waals surface area (Å²) in [6.07, 6.45) is 3.15. The van der Waals surface area contributed by atoms with Gasteiger partial charge in [0.25, 0.3) is 0 Å². The van der Waals surface area contributed by atoms with E-state index >= 15 is 0 Å². The van der Waals surface area contributed by atoms with Crippen molar-refractivity contribution in [3.05, 3.63) is 42.2 Å². The Labute approximate surface area is 93.2 Å². The largest absolute Gasteiger partial charge is 0.490 e. The van der Waals surface area contributed by atoms with Crippen LogP contribution >= 0.6 is 0 Å². The van der Waals surface area contributed by atoms with E-state index in [9.17, 15) is 9.18 Å². The first-order valence-electron chi connectivity index (χ1n) is 4.92. The van der Waals surface area contributed by atoms with Gasteiger partial charge in [0.1, 0.15) is 5.56 Å². The van der Waals surface area contributed by atoms with Gasteiger partial charge in [-0.2, -0.15) is 0 Å². The predicted molar refractivity (Wildman–Crippen MR) is 58.3 cm³/mol. The van der Waals surface area contributed by atoms with Gasteiger partial charge in [0.2, 0.25) is 0 Å². The summed E-state index contributed by atoms with van der Waals surface area (Å²) in [5.41, 5.74) is -0.154. The molecule has 0 amide bonds. The van der Waals surface area contributed by atoms with Crippen molar-refractivity contribution in [2.45, 2.75) is 12.8 Å². The maximum Gasteiger partial charge on any atom is 0.339 e. The maximum atomic E-state index is 13.3. The standard InChI is InChI=1S/C12H13FO3/c1-2-3-4-8-16-11-9(12(14)15)6-5-7-10(11)13/h2,5-7H,1,3-4,8H2,(H,14,15). The number of hydrogen-bond acceptors (Lipinski definition) is 2. The van der Waals surface area contributed by atoms with E-state index < -0.39 is 11.8 Å². The summed E-state index contributed by atoms with van der Waals surface area (Å²) in [6, 6.07) is 3.83. The van der Waals surface area contributed by atoms with E-state index in [4.69, 9.17) is 9.84 Å². The van der Waals surface area contributed by atoms with E-state index in [1.54, 1.807) is 6.08 Å². The van der Waals surface area contributed by atoms with Crippen molar-refractivity contribution in [1.29, 1.82) is 0 Å². The van der Waals surface area contributed by atoms with Crippen molar-refractivity contribution in [2.24, 2.45) is 0 Å². The van der Waals surface area contributed by atoms with Crippen LogP contribution in [0.3, 0.4) is 0 Å². The van der Waals surface area contributed by atoms with Gasteiger partial charge in [-0.15, -0.1) is 6.58 Å². The van der Waals surface area contributed by atoms with Gasteiger partial charge in [-0.25, -0.2) is 9.18 Å². The minimum atomic E-state index is -1.20. The minimum absolute atomic E-state index is 0.154. The summed E-state index contributed by atoms with van der Waals surface area (Å²) in [6.45, 7) is 3.82. The Morgan fingerprint density at radius 3 is 2.94 bits per heavy atom. The van der Waals surface area contributed by atoms with Crippen molar-refractivity contribution >= 4 is 5.97 Å². The molecule has 1 N–H and O–H groups in total. The molecule has 0 atom stereocenters. The van der Waals surface area contributed by atoms with E-state index in [-0.39, 0.29) is 17.9 Å². The molecule has 0 fully saturated rings.